The van der Waals surface area contributed by atoms with Crippen molar-refractivity contribution < 1.29 is 17.9 Å². The van der Waals surface area contributed by atoms with Crippen LogP contribution in [-0.2, 0) is 14.6 Å². The summed E-state index contributed by atoms with van der Waals surface area (Å²) in [6, 6.07) is 0. The number of carbonyl (C=O) groups is 1. The molecule has 0 N–H and O–H groups in total. The summed E-state index contributed by atoms with van der Waals surface area (Å²) >= 11 is 1.21. The van der Waals surface area contributed by atoms with Crippen molar-refractivity contribution in [3.63, 3.8) is 0 Å². The molecule has 1 atom stereocenters. The summed E-state index contributed by atoms with van der Waals surface area (Å²) in [6.07, 6.45) is 2.03. The molecular formula is C9H11NO4S2. The first-order valence-corrected chi connectivity index (χ1v) is 7.40. The second-order valence-electron chi connectivity index (χ2n) is 3.65. The molecular weight excluding hydrogens is 250 g/mol. The van der Waals surface area contributed by atoms with Gasteiger partial charge >= 0.3 is 5.97 Å². The minimum atomic E-state index is -2.91. The Labute approximate surface area is 97.4 Å². The van der Waals surface area contributed by atoms with Gasteiger partial charge in [0, 0.05) is 5.92 Å². The van der Waals surface area contributed by atoms with E-state index in [0.717, 1.165) is 0 Å². The lowest BCUT2D eigenvalue weighted by molar-refractivity contribution is 0.0606. The SMILES string of the molecule is COC(=O)c1cnc(C2CCS(=O)(=O)C2)s1. The molecule has 0 spiro atoms. The fraction of sp³-hybridized carbons (Fsp3) is 0.556. The lowest BCUT2D eigenvalue weighted by atomic mass is 10.1. The number of carbonyl (C=O) groups excluding carboxylic acids is 1. The molecule has 1 aliphatic rings. The quantitative estimate of drug-likeness (QED) is 0.737. The number of nitrogens with zero attached hydrogens (tertiary/aromatic N) is 1. The van der Waals surface area contributed by atoms with E-state index in [0.29, 0.717) is 16.3 Å². The molecule has 0 aliphatic carbocycles. The molecule has 0 radical (unpaired) electrons. The number of thiazole rings is 1. The third-order valence-corrected chi connectivity index (χ3v) is 5.40. The second-order valence-corrected chi connectivity index (χ2v) is 6.95. The van der Waals surface area contributed by atoms with Crippen LogP contribution in [0.4, 0.5) is 0 Å². The Bertz CT molecular complexity index is 505. The van der Waals surface area contributed by atoms with Crippen molar-refractivity contribution in [3.05, 3.63) is 16.1 Å². The molecule has 2 heterocycles. The van der Waals surface area contributed by atoms with E-state index in [2.05, 4.69) is 9.72 Å². The third-order valence-electron chi connectivity index (χ3n) is 2.49. The van der Waals surface area contributed by atoms with Crippen LogP contribution in [-0.4, -0.2) is 38.0 Å². The van der Waals surface area contributed by atoms with E-state index in [1.165, 1.54) is 24.6 Å². The molecule has 0 aromatic carbocycles. The normalized spacial score (nSPS) is 23.2. The van der Waals surface area contributed by atoms with Crippen molar-refractivity contribution in [3.8, 4) is 0 Å². The van der Waals surface area contributed by atoms with Gasteiger partial charge in [0.25, 0.3) is 0 Å². The first-order chi connectivity index (χ1) is 7.52. The average Bonchev–Trinajstić information content (AvgIpc) is 2.83. The van der Waals surface area contributed by atoms with Crippen molar-refractivity contribution in [1.29, 1.82) is 0 Å². The zero-order valence-electron chi connectivity index (χ0n) is 8.67. The minimum Gasteiger partial charge on any atom is -0.465 e. The Morgan fingerprint density at radius 1 is 1.62 bits per heavy atom. The molecule has 0 saturated carbocycles. The van der Waals surface area contributed by atoms with Crippen LogP contribution in [0, 0.1) is 0 Å². The molecule has 16 heavy (non-hydrogen) atoms. The molecule has 7 heteroatoms. The van der Waals surface area contributed by atoms with Crippen LogP contribution in [0.3, 0.4) is 0 Å². The van der Waals surface area contributed by atoms with Gasteiger partial charge in [0.05, 0.1) is 29.8 Å². The Kier molecular flexibility index (Phi) is 2.98. The summed E-state index contributed by atoms with van der Waals surface area (Å²) in [6.45, 7) is 0. The highest BCUT2D eigenvalue weighted by Crippen LogP contribution is 2.31. The summed E-state index contributed by atoms with van der Waals surface area (Å²) in [5.41, 5.74) is 0. The number of ether oxygens (including phenoxy) is 1. The van der Waals surface area contributed by atoms with Crippen molar-refractivity contribution >= 4 is 27.1 Å². The maximum Gasteiger partial charge on any atom is 0.349 e. The fourth-order valence-corrected chi connectivity index (χ4v) is 4.49. The third kappa shape index (κ3) is 2.25. The molecule has 1 aliphatic heterocycles. The number of methoxy groups -OCH3 is 1. The van der Waals surface area contributed by atoms with E-state index in [9.17, 15) is 13.2 Å². The van der Waals surface area contributed by atoms with Gasteiger partial charge in [0.1, 0.15) is 4.88 Å². The van der Waals surface area contributed by atoms with Crippen LogP contribution >= 0.6 is 11.3 Å². The van der Waals surface area contributed by atoms with Gasteiger partial charge in [0.15, 0.2) is 9.84 Å². The van der Waals surface area contributed by atoms with Crippen molar-refractivity contribution in [2.24, 2.45) is 0 Å². The van der Waals surface area contributed by atoms with E-state index in [1.54, 1.807) is 0 Å². The minimum absolute atomic E-state index is 0.0617. The highest BCUT2D eigenvalue weighted by Gasteiger charge is 2.31. The lowest BCUT2D eigenvalue weighted by Gasteiger charge is -2.00. The lowest BCUT2D eigenvalue weighted by Crippen LogP contribution is -2.03. The van der Waals surface area contributed by atoms with E-state index < -0.39 is 15.8 Å². The molecule has 1 fully saturated rings. The molecule has 1 aromatic heterocycles. The van der Waals surface area contributed by atoms with Crippen LogP contribution in [0.1, 0.15) is 27.0 Å². The van der Waals surface area contributed by atoms with Gasteiger partial charge < -0.3 is 4.74 Å². The Hall–Kier alpha value is -0.950. The molecule has 0 amide bonds. The zero-order chi connectivity index (χ0) is 11.8. The number of rotatable bonds is 2. The topological polar surface area (TPSA) is 73.3 Å². The number of sulfone groups is 1. The van der Waals surface area contributed by atoms with Gasteiger partial charge in [-0.25, -0.2) is 18.2 Å². The molecule has 1 unspecified atom stereocenters. The standard InChI is InChI=1S/C9H11NO4S2/c1-14-9(11)7-4-10-8(15-7)6-2-3-16(12,13)5-6/h4,6H,2-3,5H2,1H3. The molecule has 5 nitrogen and oxygen atoms in total. The monoisotopic (exact) mass is 261 g/mol. The van der Waals surface area contributed by atoms with Crippen LogP contribution in [0.15, 0.2) is 6.20 Å². The van der Waals surface area contributed by atoms with Gasteiger partial charge in [-0.15, -0.1) is 11.3 Å². The summed E-state index contributed by atoms with van der Waals surface area (Å²) < 4.78 is 27.2. The van der Waals surface area contributed by atoms with Crippen molar-refractivity contribution in [2.45, 2.75) is 12.3 Å². The molecule has 2 rings (SSSR count). The van der Waals surface area contributed by atoms with E-state index >= 15 is 0 Å². The number of aromatic nitrogens is 1. The number of esters is 1. The molecule has 1 aromatic rings. The second kappa shape index (κ2) is 4.14. The highest BCUT2D eigenvalue weighted by atomic mass is 32.2. The Balaban J connectivity index is 2.17. The molecule has 0 bridgehead atoms. The summed E-state index contributed by atoms with van der Waals surface area (Å²) in [7, 11) is -1.60. The van der Waals surface area contributed by atoms with Crippen molar-refractivity contribution in [2.75, 3.05) is 18.6 Å². The molecule has 1 saturated heterocycles. The zero-order valence-corrected chi connectivity index (χ0v) is 10.3. The molecule has 88 valence electrons. The Morgan fingerprint density at radius 3 is 2.94 bits per heavy atom. The highest BCUT2D eigenvalue weighted by molar-refractivity contribution is 7.91. The first kappa shape index (κ1) is 11.5. The maximum atomic E-state index is 11.3. The van der Waals surface area contributed by atoms with Crippen LogP contribution in [0.2, 0.25) is 0 Å². The van der Waals surface area contributed by atoms with Gasteiger partial charge in [-0.1, -0.05) is 0 Å². The van der Waals surface area contributed by atoms with Gasteiger partial charge in [0.2, 0.25) is 0 Å². The summed E-state index contributed by atoms with van der Waals surface area (Å²) in [5.74, 6) is -0.135. The Morgan fingerprint density at radius 2 is 2.38 bits per heavy atom. The van der Waals surface area contributed by atoms with Gasteiger partial charge in [-0.3, -0.25) is 0 Å². The van der Waals surface area contributed by atoms with Crippen LogP contribution in [0.5, 0.6) is 0 Å². The number of hydrogen-bond donors (Lipinski definition) is 0. The van der Waals surface area contributed by atoms with Gasteiger partial charge in [-0.2, -0.15) is 0 Å². The van der Waals surface area contributed by atoms with Crippen molar-refractivity contribution in [1.82, 2.24) is 4.98 Å². The smallest absolute Gasteiger partial charge is 0.349 e. The predicted octanol–water partition coefficient (Wildman–Crippen LogP) is 0.832. The van der Waals surface area contributed by atoms with Crippen LogP contribution < -0.4 is 0 Å². The largest absolute Gasteiger partial charge is 0.465 e. The van der Waals surface area contributed by atoms with Crippen LogP contribution in [0.25, 0.3) is 0 Å². The van der Waals surface area contributed by atoms with Gasteiger partial charge in [-0.05, 0) is 6.42 Å². The fourth-order valence-electron chi connectivity index (χ4n) is 1.66. The summed E-state index contributed by atoms with van der Waals surface area (Å²) in [5, 5.41) is 0.710. The van der Waals surface area contributed by atoms with E-state index in [-0.39, 0.29) is 17.4 Å². The van der Waals surface area contributed by atoms with E-state index in [4.69, 9.17) is 0 Å². The number of hydrogen-bond acceptors (Lipinski definition) is 6. The predicted molar refractivity (Wildman–Crippen MR) is 59.5 cm³/mol. The summed E-state index contributed by atoms with van der Waals surface area (Å²) in [4.78, 5) is 15.7. The first-order valence-electron chi connectivity index (χ1n) is 4.76. The van der Waals surface area contributed by atoms with E-state index in [1.807, 2.05) is 0 Å². The maximum absolute atomic E-state index is 11.3. The average molecular weight is 261 g/mol.